The van der Waals surface area contributed by atoms with Crippen LogP contribution < -0.4 is 0 Å². The number of aromatic nitrogens is 2. The first kappa shape index (κ1) is 29.0. The van der Waals surface area contributed by atoms with Crippen LogP contribution in [0.5, 0.6) is 0 Å². The second kappa shape index (κ2) is 11.5. The van der Waals surface area contributed by atoms with Crippen molar-refractivity contribution in [2.75, 3.05) is 0 Å². The number of benzene rings is 6. The molecule has 1 aliphatic carbocycles. The van der Waals surface area contributed by atoms with Gasteiger partial charge in [-0.2, -0.15) is 15.8 Å². The minimum absolute atomic E-state index is 0.334. The maximum absolute atomic E-state index is 10.6. The van der Waals surface area contributed by atoms with Gasteiger partial charge in [0.1, 0.15) is 0 Å². The molecule has 5 nitrogen and oxygen atoms in total. The minimum Gasteiger partial charge on any atom is -0.311 e. The van der Waals surface area contributed by atoms with E-state index < -0.39 is 0 Å². The third-order valence-electron chi connectivity index (χ3n) is 9.90. The molecule has 2 heterocycles. The van der Waals surface area contributed by atoms with Crippen LogP contribution in [0.1, 0.15) is 23.1 Å². The number of allylic oxidation sites excluding steroid dienone is 4. The number of nitriles is 3. The Balaban J connectivity index is 1.29. The zero-order valence-electron chi connectivity index (χ0n) is 26.9. The molecule has 9 rings (SSSR count). The van der Waals surface area contributed by atoms with Crippen LogP contribution in [0.3, 0.4) is 0 Å². The molecule has 1 unspecified atom stereocenters. The number of fused-ring (bicyclic) bond motifs is 6. The second-order valence-electron chi connectivity index (χ2n) is 12.6. The summed E-state index contributed by atoms with van der Waals surface area (Å²) in [6.07, 6.45) is 4.94. The van der Waals surface area contributed by atoms with Crippen molar-refractivity contribution in [2.45, 2.75) is 6.42 Å². The summed E-state index contributed by atoms with van der Waals surface area (Å²) >= 11 is 0. The van der Waals surface area contributed by atoms with Gasteiger partial charge in [0.15, 0.2) is 0 Å². The van der Waals surface area contributed by atoms with Crippen molar-refractivity contribution in [3.05, 3.63) is 162 Å². The molecule has 50 heavy (non-hydrogen) atoms. The molecule has 0 N–H and O–H groups in total. The highest BCUT2D eigenvalue weighted by molar-refractivity contribution is 6.13. The lowest BCUT2D eigenvalue weighted by Gasteiger charge is -2.25. The van der Waals surface area contributed by atoms with E-state index in [2.05, 4.69) is 137 Å². The largest absolute Gasteiger partial charge is 0.311 e. The van der Waals surface area contributed by atoms with E-state index in [9.17, 15) is 15.8 Å². The molecule has 1 atom stereocenters. The zero-order chi connectivity index (χ0) is 33.8. The molecule has 0 fully saturated rings. The SMILES string of the molecule is N#Cc1ccc2c(c1)c1ccc(C#N)cc1n2-c1cccc(-c2ccccc2C2=C(n3c4ccccc4c4ccccc43)C(C#N)CC=C2)c1. The Bertz CT molecular complexity index is 2840. The van der Waals surface area contributed by atoms with E-state index in [1.54, 1.807) is 0 Å². The average molecular weight is 638 g/mol. The predicted octanol–water partition coefficient (Wildman–Crippen LogP) is 10.8. The summed E-state index contributed by atoms with van der Waals surface area (Å²) in [5.41, 5.74) is 11.3. The standard InChI is InChI=1S/C45H27N5/c46-26-29-20-22-43-40(23-29)38-21-19-30(27-47)24-44(38)49(43)33-11-7-9-31(25-33)34-12-1-2-13-35(34)39-16-8-10-32(28-48)45(39)50-41-17-5-3-14-36(41)37-15-4-6-18-42(37)50/h1-9,11-25,32H,10H2. The van der Waals surface area contributed by atoms with Gasteiger partial charge in [-0.3, -0.25) is 0 Å². The highest BCUT2D eigenvalue weighted by atomic mass is 15.0. The van der Waals surface area contributed by atoms with E-state index in [-0.39, 0.29) is 5.92 Å². The maximum atomic E-state index is 10.6. The van der Waals surface area contributed by atoms with E-state index in [1.807, 2.05) is 36.4 Å². The van der Waals surface area contributed by atoms with Gasteiger partial charge in [-0.1, -0.05) is 91.0 Å². The first-order valence-electron chi connectivity index (χ1n) is 16.6. The topological polar surface area (TPSA) is 81.2 Å². The van der Waals surface area contributed by atoms with Crippen LogP contribution in [0.25, 0.3) is 71.7 Å². The molecule has 8 aromatic rings. The number of hydrogen-bond donors (Lipinski definition) is 0. The van der Waals surface area contributed by atoms with Crippen LogP contribution in [0, 0.1) is 39.9 Å². The monoisotopic (exact) mass is 637 g/mol. The molecule has 0 amide bonds. The smallest absolute Gasteiger partial charge is 0.0992 e. The summed E-state index contributed by atoms with van der Waals surface area (Å²) < 4.78 is 4.47. The second-order valence-corrected chi connectivity index (χ2v) is 12.6. The number of nitrogens with zero attached hydrogens (tertiary/aromatic N) is 5. The summed E-state index contributed by atoms with van der Waals surface area (Å²) in [6, 6.07) is 52.4. The van der Waals surface area contributed by atoms with Gasteiger partial charge in [0.05, 0.1) is 57.3 Å². The zero-order valence-corrected chi connectivity index (χ0v) is 26.9. The quantitative estimate of drug-likeness (QED) is 0.193. The molecule has 1 aliphatic rings. The normalized spacial score (nSPS) is 14.3. The van der Waals surface area contributed by atoms with Crippen LogP contribution in [-0.4, -0.2) is 9.13 Å². The number of para-hydroxylation sites is 2. The summed E-state index contributed by atoms with van der Waals surface area (Å²) in [4.78, 5) is 0. The predicted molar refractivity (Wildman–Crippen MR) is 201 cm³/mol. The number of hydrogen-bond acceptors (Lipinski definition) is 3. The van der Waals surface area contributed by atoms with Crippen molar-refractivity contribution in [1.29, 1.82) is 15.8 Å². The fourth-order valence-electron chi connectivity index (χ4n) is 7.73. The molecule has 0 aliphatic heterocycles. The Morgan fingerprint density at radius 2 is 1.16 bits per heavy atom. The van der Waals surface area contributed by atoms with Gasteiger partial charge < -0.3 is 9.13 Å². The van der Waals surface area contributed by atoms with E-state index >= 15 is 0 Å². The molecule has 5 heteroatoms. The van der Waals surface area contributed by atoms with Gasteiger partial charge in [0.25, 0.3) is 0 Å². The molecule has 0 bridgehead atoms. The van der Waals surface area contributed by atoms with Gasteiger partial charge in [-0.25, -0.2) is 0 Å². The van der Waals surface area contributed by atoms with Gasteiger partial charge in [-0.05, 0) is 77.7 Å². The minimum atomic E-state index is -0.334. The summed E-state index contributed by atoms with van der Waals surface area (Å²) in [6.45, 7) is 0. The van der Waals surface area contributed by atoms with Crippen molar-refractivity contribution >= 4 is 54.9 Å². The van der Waals surface area contributed by atoms with E-state index in [1.165, 1.54) is 0 Å². The molecule has 2 aromatic heterocycles. The third-order valence-corrected chi connectivity index (χ3v) is 9.90. The van der Waals surface area contributed by atoms with Crippen LogP contribution in [0.4, 0.5) is 0 Å². The lowest BCUT2D eigenvalue weighted by atomic mass is 9.85. The molecule has 0 saturated carbocycles. The molecule has 6 aromatic carbocycles. The van der Waals surface area contributed by atoms with Gasteiger partial charge in [0.2, 0.25) is 0 Å². The molecular formula is C45H27N5. The lowest BCUT2D eigenvalue weighted by Crippen LogP contribution is -2.13. The van der Waals surface area contributed by atoms with Crippen molar-refractivity contribution < 1.29 is 0 Å². The molecule has 0 saturated heterocycles. The summed E-state index contributed by atoms with van der Waals surface area (Å²) in [5.74, 6) is -0.334. The average Bonchev–Trinajstić information content (AvgIpc) is 3.69. The van der Waals surface area contributed by atoms with Crippen LogP contribution in [-0.2, 0) is 0 Å². The van der Waals surface area contributed by atoms with E-state index in [0.717, 1.165) is 77.3 Å². The number of rotatable bonds is 4. The molecule has 0 radical (unpaired) electrons. The summed E-state index contributed by atoms with van der Waals surface area (Å²) in [5, 5.41) is 34.3. The lowest BCUT2D eigenvalue weighted by molar-refractivity contribution is 0.819. The van der Waals surface area contributed by atoms with E-state index in [4.69, 9.17) is 0 Å². The fraction of sp³-hybridized carbons (Fsp3) is 0.0444. The van der Waals surface area contributed by atoms with Crippen molar-refractivity contribution in [1.82, 2.24) is 9.13 Å². The molecular weight excluding hydrogens is 611 g/mol. The van der Waals surface area contributed by atoms with E-state index in [0.29, 0.717) is 17.5 Å². The Labute approximate surface area is 288 Å². The molecule has 232 valence electrons. The summed E-state index contributed by atoms with van der Waals surface area (Å²) in [7, 11) is 0. The first-order valence-corrected chi connectivity index (χ1v) is 16.6. The van der Waals surface area contributed by atoms with Crippen LogP contribution in [0.15, 0.2) is 146 Å². The van der Waals surface area contributed by atoms with Gasteiger partial charge in [-0.15, -0.1) is 0 Å². The van der Waals surface area contributed by atoms with Crippen molar-refractivity contribution in [3.8, 4) is 35.0 Å². The molecule has 0 spiro atoms. The third kappa shape index (κ3) is 4.37. The van der Waals surface area contributed by atoms with Gasteiger partial charge in [0, 0.05) is 38.5 Å². The van der Waals surface area contributed by atoms with Crippen LogP contribution >= 0.6 is 0 Å². The van der Waals surface area contributed by atoms with Crippen molar-refractivity contribution in [3.63, 3.8) is 0 Å². The first-order chi connectivity index (χ1) is 24.7. The maximum Gasteiger partial charge on any atom is 0.0992 e. The van der Waals surface area contributed by atoms with Gasteiger partial charge >= 0.3 is 0 Å². The Morgan fingerprint density at radius 3 is 1.90 bits per heavy atom. The Hall–Kier alpha value is -7.13. The van der Waals surface area contributed by atoms with Crippen LogP contribution in [0.2, 0.25) is 0 Å². The highest BCUT2D eigenvalue weighted by Gasteiger charge is 2.27. The highest BCUT2D eigenvalue weighted by Crippen LogP contribution is 2.43. The Kier molecular flexibility index (Phi) is 6.70. The Morgan fingerprint density at radius 1 is 0.520 bits per heavy atom. The fourth-order valence-corrected chi connectivity index (χ4v) is 7.73. The van der Waals surface area contributed by atoms with Crippen molar-refractivity contribution in [2.24, 2.45) is 5.92 Å².